The number of anilines is 1. The molecule has 2 heterocycles. The van der Waals surface area contributed by atoms with Crippen LogP contribution in [0.4, 0.5) is 14.9 Å². The number of urea groups is 1. The summed E-state index contributed by atoms with van der Waals surface area (Å²) < 4.78 is 13.0. The van der Waals surface area contributed by atoms with Gasteiger partial charge >= 0.3 is 6.03 Å². The molecule has 0 bridgehead atoms. The highest BCUT2D eigenvalue weighted by Crippen LogP contribution is 2.35. The number of nitrogens with one attached hydrogen (secondary N) is 2. The van der Waals surface area contributed by atoms with Crippen LogP contribution in [0.15, 0.2) is 24.3 Å². The molecule has 6 heteroatoms. The lowest BCUT2D eigenvalue weighted by atomic mass is 9.86. The fourth-order valence-electron chi connectivity index (χ4n) is 2.81. The summed E-state index contributed by atoms with van der Waals surface area (Å²) in [5.74, 6) is -0.627. The van der Waals surface area contributed by atoms with E-state index >= 15 is 0 Å². The van der Waals surface area contributed by atoms with E-state index in [1.54, 1.807) is 0 Å². The highest BCUT2D eigenvalue weighted by Gasteiger charge is 2.53. The van der Waals surface area contributed by atoms with Crippen LogP contribution < -0.4 is 15.5 Å². The molecular weight excluding hydrogens is 249 g/mol. The minimum atomic E-state index is -0.833. The number of hydrogen-bond donors (Lipinski definition) is 2. The van der Waals surface area contributed by atoms with Crippen molar-refractivity contribution in [3.05, 3.63) is 30.1 Å². The van der Waals surface area contributed by atoms with Gasteiger partial charge in [0.1, 0.15) is 11.4 Å². The summed E-state index contributed by atoms with van der Waals surface area (Å²) in [6.07, 6.45) is 1.11. The third-order valence-corrected chi connectivity index (χ3v) is 3.79. The van der Waals surface area contributed by atoms with E-state index in [0.717, 1.165) is 0 Å². The largest absolute Gasteiger partial charge is 0.329 e. The second kappa shape index (κ2) is 4.31. The lowest BCUT2D eigenvalue weighted by Crippen LogP contribution is -2.56. The number of hydrogen-bond acceptors (Lipinski definition) is 3. The van der Waals surface area contributed by atoms with Crippen LogP contribution in [0.2, 0.25) is 0 Å². The number of nitrogens with zero attached hydrogens (tertiary/aromatic N) is 1. The van der Waals surface area contributed by atoms with Crippen LogP contribution in [-0.2, 0) is 4.79 Å². The molecule has 5 nitrogen and oxygen atoms in total. The van der Waals surface area contributed by atoms with Crippen molar-refractivity contribution >= 4 is 17.6 Å². The first-order valence-corrected chi connectivity index (χ1v) is 6.25. The van der Waals surface area contributed by atoms with Crippen LogP contribution in [0.5, 0.6) is 0 Å². The SMILES string of the molecule is O=C1NC(=O)C2(CCNCC2)N1c1ccc(F)cc1. The Hall–Kier alpha value is -1.95. The summed E-state index contributed by atoms with van der Waals surface area (Å²) in [5, 5.41) is 5.54. The molecule has 0 unspecified atom stereocenters. The molecule has 1 spiro atoms. The average Bonchev–Trinajstić information content (AvgIpc) is 2.64. The first kappa shape index (κ1) is 12.1. The first-order valence-electron chi connectivity index (χ1n) is 6.25. The molecule has 0 aliphatic carbocycles. The summed E-state index contributed by atoms with van der Waals surface area (Å²) in [6, 6.07) is 5.20. The van der Waals surface area contributed by atoms with Crippen molar-refractivity contribution in [1.29, 1.82) is 0 Å². The average molecular weight is 263 g/mol. The summed E-state index contributed by atoms with van der Waals surface area (Å²) >= 11 is 0. The number of carbonyl (C=O) groups excluding carboxylic acids is 2. The van der Waals surface area contributed by atoms with Gasteiger partial charge in [-0.25, -0.2) is 9.18 Å². The number of benzene rings is 1. The van der Waals surface area contributed by atoms with Crippen LogP contribution >= 0.6 is 0 Å². The Kier molecular flexibility index (Phi) is 2.74. The zero-order valence-electron chi connectivity index (χ0n) is 10.3. The molecule has 0 aromatic heterocycles. The minimum absolute atomic E-state index is 0.261. The predicted octanol–water partition coefficient (Wildman–Crippen LogP) is 1.00. The first-order chi connectivity index (χ1) is 9.13. The molecule has 0 radical (unpaired) electrons. The van der Waals surface area contributed by atoms with Crippen molar-refractivity contribution in [3.8, 4) is 0 Å². The molecule has 2 N–H and O–H groups in total. The quantitative estimate of drug-likeness (QED) is 0.743. The van der Waals surface area contributed by atoms with Gasteiger partial charge in [-0.2, -0.15) is 0 Å². The van der Waals surface area contributed by atoms with Gasteiger partial charge in [0, 0.05) is 5.69 Å². The van der Waals surface area contributed by atoms with Gasteiger partial charge in [0.15, 0.2) is 0 Å². The Bertz CT molecular complexity index is 523. The van der Waals surface area contributed by atoms with Gasteiger partial charge in [-0.15, -0.1) is 0 Å². The molecular formula is C13H14FN3O2. The number of carbonyl (C=O) groups is 2. The van der Waals surface area contributed by atoms with Gasteiger partial charge in [-0.1, -0.05) is 0 Å². The molecule has 0 atom stereocenters. The van der Waals surface area contributed by atoms with Gasteiger partial charge in [0.05, 0.1) is 0 Å². The summed E-state index contributed by atoms with van der Waals surface area (Å²) in [7, 11) is 0. The van der Waals surface area contributed by atoms with Crippen LogP contribution in [0.1, 0.15) is 12.8 Å². The lowest BCUT2D eigenvalue weighted by molar-refractivity contribution is -0.124. The summed E-state index contributed by atoms with van der Waals surface area (Å²) in [6.45, 7) is 1.36. The van der Waals surface area contributed by atoms with Crippen molar-refractivity contribution in [2.45, 2.75) is 18.4 Å². The van der Waals surface area contributed by atoms with E-state index in [2.05, 4.69) is 10.6 Å². The molecule has 1 aromatic rings. The maximum Gasteiger partial charge on any atom is 0.329 e. The monoisotopic (exact) mass is 263 g/mol. The third-order valence-electron chi connectivity index (χ3n) is 3.79. The third kappa shape index (κ3) is 1.79. The summed E-state index contributed by atoms with van der Waals surface area (Å²) in [5.41, 5.74) is -0.285. The standard InChI is InChI=1S/C13H14FN3O2/c14-9-1-3-10(4-2-9)17-12(19)16-11(18)13(17)5-7-15-8-6-13/h1-4,15H,5-8H2,(H,16,18,19). The Balaban J connectivity index is 2.03. The van der Waals surface area contributed by atoms with E-state index in [4.69, 9.17) is 0 Å². The molecule has 2 aliphatic rings. The summed E-state index contributed by atoms with van der Waals surface area (Å²) in [4.78, 5) is 25.6. The highest BCUT2D eigenvalue weighted by molar-refractivity contribution is 6.17. The number of rotatable bonds is 1. The molecule has 2 aliphatic heterocycles. The molecule has 0 saturated carbocycles. The molecule has 2 fully saturated rings. The fourth-order valence-corrected chi connectivity index (χ4v) is 2.81. The van der Waals surface area contributed by atoms with Gasteiger partial charge in [-0.3, -0.25) is 15.0 Å². The van der Waals surface area contributed by atoms with Gasteiger partial charge in [-0.05, 0) is 50.2 Å². The fraction of sp³-hybridized carbons (Fsp3) is 0.385. The van der Waals surface area contributed by atoms with E-state index in [0.29, 0.717) is 31.6 Å². The lowest BCUT2D eigenvalue weighted by Gasteiger charge is -2.38. The molecule has 3 rings (SSSR count). The number of amides is 3. The highest BCUT2D eigenvalue weighted by atomic mass is 19.1. The van der Waals surface area contributed by atoms with Crippen molar-refractivity contribution in [2.75, 3.05) is 18.0 Å². The van der Waals surface area contributed by atoms with E-state index in [9.17, 15) is 14.0 Å². The predicted molar refractivity (Wildman–Crippen MR) is 67.3 cm³/mol. The van der Waals surface area contributed by atoms with E-state index in [-0.39, 0.29) is 11.7 Å². The maximum atomic E-state index is 13.0. The second-order valence-electron chi connectivity index (χ2n) is 4.85. The van der Waals surface area contributed by atoms with Gasteiger partial charge < -0.3 is 5.32 Å². The van der Waals surface area contributed by atoms with Crippen molar-refractivity contribution < 1.29 is 14.0 Å². The van der Waals surface area contributed by atoms with Crippen LogP contribution in [-0.4, -0.2) is 30.6 Å². The zero-order valence-corrected chi connectivity index (χ0v) is 10.3. The van der Waals surface area contributed by atoms with Crippen molar-refractivity contribution in [3.63, 3.8) is 0 Å². The normalized spacial score (nSPS) is 21.8. The van der Waals surface area contributed by atoms with Crippen LogP contribution in [0.3, 0.4) is 0 Å². The topological polar surface area (TPSA) is 61.4 Å². The van der Waals surface area contributed by atoms with Crippen LogP contribution in [0.25, 0.3) is 0 Å². The Morgan fingerprint density at radius 2 is 1.74 bits per heavy atom. The number of halogens is 1. The van der Waals surface area contributed by atoms with E-state index < -0.39 is 11.6 Å². The minimum Gasteiger partial charge on any atom is -0.317 e. The second-order valence-corrected chi connectivity index (χ2v) is 4.85. The van der Waals surface area contributed by atoms with Crippen LogP contribution in [0, 0.1) is 5.82 Å². The van der Waals surface area contributed by atoms with Crippen molar-refractivity contribution in [1.82, 2.24) is 10.6 Å². The molecule has 19 heavy (non-hydrogen) atoms. The molecule has 3 amide bonds. The molecule has 100 valence electrons. The number of imide groups is 1. The number of piperidine rings is 1. The Labute approximate surface area is 109 Å². The van der Waals surface area contributed by atoms with Crippen molar-refractivity contribution in [2.24, 2.45) is 0 Å². The van der Waals surface area contributed by atoms with Gasteiger partial charge in [0.2, 0.25) is 0 Å². The smallest absolute Gasteiger partial charge is 0.317 e. The molecule has 2 saturated heterocycles. The van der Waals surface area contributed by atoms with E-state index in [1.807, 2.05) is 0 Å². The molecule has 1 aromatic carbocycles. The Morgan fingerprint density at radius 3 is 2.37 bits per heavy atom. The van der Waals surface area contributed by atoms with E-state index in [1.165, 1.54) is 29.2 Å². The maximum absolute atomic E-state index is 13.0. The van der Waals surface area contributed by atoms with Gasteiger partial charge in [0.25, 0.3) is 5.91 Å². The zero-order chi connectivity index (χ0) is 13.5. The Morgan fingerprint density at radius 1 is 1.11 bits per heavy atom.